The third kappa shape index (κ3) is 3.42. The van der Waals surface area contributed by atoms with Gasteiger partial charge in [0.2, 0.25) is 0 Å². The summed E-state index contributed by atoms with van der Waals surface area (Å²) in [4.78, 5) is 6.65. The van der Waals surface area contributed by atoms with Crippen molar-refractivity contribution >= 4 is 11.3 Å². The molecule has 19 heavy (non-hydrogen) atoms. The highest BCUT2D eigenvalue weighted by atomic mass is 32.1. The van der Waals surface area contributed by atoms with Crippen molar-refractivity contribution in [3.05, 3.63) is 34.0 Å². The van der Waals surface area contributed by atoms with E-state index in [9.17, 15) is 0 Å². The number of nitrogens with zero attached hydrogens (tertiary/aromatic N) is 3. The van der Waals surface area contributed by atoms with Gasteiger partial charge in [-0.05, 0) is 20.0 Å². The second kappa shape index (κ2) is 5.43. The zero-order chi connectivity index (χ0) is 14.0. The zero-order valence-electron chi connectivity index (χ0n) is 12.3. The van der Waals surface area contributed by atoms with Crippen molar-refractivity contribution in [1.29, 1.82) is 0 Å². The first kappa shape index (κ1) is 14.2. The summed E-state index contributed by atoms with van der Waals surface area (Å²) in [5, 5.41) is 10.7. The van der Waals surface area contributed by atoms with Crippen LogP contribution >= 0.6 is 11.3 Å². The van der Waals surface area contributed by atoms with E-state index in [1.807, 2.05) is 11.6 Å². The van der Waals surface area contributed by atoms with Crippen LogP contribution in [0, 0.1) is 0 Å². The van der Waals surface area contributed by atoms with Crippen molar-refractivity contribution in [1.82, 2.24) is 20.1 Å². The average Bonchev–Trinajstić information content (AvgIpc) is 2.97. The van der Waals surface area contributed by atoms with E-state index >= 15 is 0 Å². The Morgan fingerprint density at radius 3 is 2.68 bits per heavy atom. The fourth-order valence-corrected chi connectivity index (χ4v) is 2.62. The van der Waals surface area contributed by atoms with Gasteiger partial charge >= 0.3 is 0 Å². The van der Waals surface area contributed by atoms with Crippen LogP contribution in [0.5, 0.6) is 0 Å². The van der Waals surface area contributed by atoms with Crippen LogP contribution in [0.1, 0.15) is 50.1 Å². The summed E-state index contributed by atoms with van der Waals surface area (Å²) in [5.41, 5.74) is 2.35. The minimum Gasteiger partial charge on any atom is -0.291 e. The lowest BCUT2D eigenvalue weighted by Gasteiger charge is -2.22. The maximum atomic E-state index is 4.40. The summed E-state index contributed by atoms with van der Waals surface area (Å²) in [6.07, 6.45) is 1.86. The number of hydrogen-bond donors (Lipinski definition) is 1. The Labute approximate surface area is 118 Å². The Morgan fingerprint density at radius 2 is 2.16 bits per heavy atom. The van der Waals surface area contributed by atoms with Gasteiger partial charge in [0, 0.05) is 29.2 Å². The van der Waals surface area contributed by atoms with Gasteiger partial charge in [-0.3, -0.25) is 10.00 Å². The van der Waals surface area contributed by atoms with Crippen LogP contribution < -0.4 is 0 Å². The van der Waals surface area contributed by atoms with Gasteiger partial charge in [-0.2, -0.15) is 5.10 Å². The minimum atomic E-state index is 0.0915. The Hall–Kier alpha value is -1.20. The molecule has 0 aliphatic heterocycles. The quantitative estimate of drug-likeness (QED) is 0.932. The Morgan fingerprint density at radius 1 is 1.42 bits per heavy atom. The highest BCUT2D eigenvalue weighted by Crippen LogP contribution is 2.24. The lowest BCUT2D eigenvalue weighted by Crippen LogP contribution is -2.22. The molecular weight excluding hydrogens is 256 g/mol. The van der Waals surface area contributed by atoms with Gasteiger partial charge in [-0.15, -0.1) is 11.3 Å². The fourth-order valence-electron chi connectivity index (χ4n) is 1.86. The number of H-pyrrole nitrogens is 1. The molecule has 0 spiro atoms. The molecule has 104 valence electrons. The van der Waals surface area contributed by atoms with Crippen molar-refractivity contribution < 1.29 is 0 Å². The monoisotopic (exact) mass is 278 g/mol. The molecule has 0 aliphatic carbocycles. The molecule has 2 heterocycles. The van der Waals surface area contributed by atoms with Gasteiger partial charge in [0.25, 0.3) is 0 Å². The van der Waals surface area contributed by atoms with Crippen LogP contribution in [-0.4, -0.2) is 27.1 Å². The molecule has 0 bridgehead atoms. The van der Waals surface area contributed by atoms with Crippen molar-refractivity contribution in [2.24, 2.45) is 0 Å². The molecule has 0 unspecified atom stereocenters. The molecule has 2 aromatic rings. The first-order valence-electron chi connectivity index (χ1n) is 6.52. The summed E-state index contributed by atoms with van der Waals surface area (Å²) < 4.78 is 0. The second-order valence-electron chi connectivity index (χ2n) is 5.99. The van der Waals surface area contributed by atoms with Gasteiger partial charge in [-0.25, -0.2) is 4.98 Å². The van der Waals surface area contributed by atoms with E-state index in [2.05, 4.69) is 60.9 Å². The molecule has 1 atom stereocenters. The van der Waals surface area contributed by atoms with Crippen molar-refractivity contribution in [2.75, 3.05) is 7.05 Å². The van der Waals surface area contributed by atoms with Crippen molar-refractivity contribution in [3.8, 4) is 0 Å². The van der Waals surface area contributed by atoms with E-state index in [4.69, 9.17) is 0 Å². The largest absolute Gasteiger partial charge is 0.291 e. The summed E-state index contributed by atoms with van der Waals surface area (Å²) in [7, 11) is 2.11. The van der Waals surface area contributed by atoms with Gasteiger partial charge in [0.05, 0.1) is 11.7 Å². The van der Waals surface area contributed by atoms with Gasteiger partial charge < -0.3 is 0 Å². The topological polar surface area (TPSA) is 44.8 Å². The molecule has 4 nitrogen and oxygen atoms in total. The molecule has 0 saturated heterocycles. The van der Waals surface area contributed by atoms with E-state index in [0.29, 0.717) is 6.04 Å². The molecule has 2 aromatic heterocycles. The number of hydrogen-bond acceptors (Lipinski definition) is 4. The van der Waals surface area contributed by atoms with Gasteiger partial charge in [0.1, 0.15) is 5.01 Å². The van der Waals surface area contributed by atoms with Crippen LogP contribution in [0.25, 0.3) is 0 Å². The smallest absolute Gasteiger partial charge is 0.109 e. The maximum absolute atomic E-state index is 4.40. The molecule has 0 radical (unpaired) electrons. The summed E-state index contributed by atoms with van der Waals surface area (Å²) in [5.74, 6) is 0. The Bertz CT molecular complexity index is 510. The molecule has 0 fully saturated rings. The zero-order valence-corrected chi connectivity index (χ0v) is 13.1. The normalized spacial score (nSPS) is 14.0. The van der Waals surface area contributed by atoms with Gasteiger partial charge in [-0.1, -0.05) is 20.8 Å². The average molecular weight is 278 g/mol. The molecule has 0 aromatic carbocycles. The van der Waals surface area contributed by atoms with E-state index in [1.54, 1.807) is 11.3 Å². The first-order chi connectivity index (χ1) is 8.88. The third-order valence-electron chi connectivity index (χ3n) is 3.29. The lowest BCUT2D eigenvalue weighted by molar-refractivity contribution is 0.249. The number of nitrogens with one attached hydrogen (secondary N) is 1. The van der Waals surface area contributed by atoms with Crippen molar-refractivity contribution in [3.63, 3.8) is 0 Å². The lowest BCUT2D eigenvalue weighted by atomic mass is 9.92. The molecule has 0 amide bonds. The molecular formula is C14H22N4S. The van der Waals surface area contributed by atoms with E-state index in [1.165, 1.54) is 0 Å². The number of rotatable bonds is 4. The third-order valence-corrected chi connectivity index (χ3v) is 4.23. The standard InChI is InChI=1S/C14H22N4S/c1-10(13-15-6-7-19-13)18(5)9-11-8-12(17-16-11)14(2,3)4/h6-8,10H,9H2,1-5H3,(H,16,17)/t10-/m0/s1. The predicted octanol–water partition coefficient (Wildman–Crippen LogP) is 3.36. The summed E-state index contributed by atoms with van der Waals surface area (Å²) >= 11 is 1.70. The first-order valence-corrected chi connectivity index (χ1v) is 7.40. The number of thiazole rings is 1. The van der Waals surface area contributed by atoms with E-state index in [-0.39, 0.29) is 5.41 Å². The minimum absolute atomic E-state index is 0.0915. The second-order valence-corrected chi connectivity index (χ2v) is 6.92. The van der Waals surface area contributed by atoms with Crippen LogP contribution in [0.2, 0.25) is 0 Å². The number of aromatic amines is 1. The highest BCUT2D eigenvalue weighted by molar-refractivity contribution is 7.09. The molecule has 5 heteroatoms. The van der Waals surface area contributed by atoms with E-state index in [0.717, 1.165) is 22.9 Å². The molecule has 1 N–H and O–H groups in total. The Kier molecular flexibility index (Phi) is 4.06. The van der Waals surface area contributed by atoms with Crippen LogP contribution in [0.4, 0.5) is 0 Å². The van der Waals surface area contributed by atoms with E-state index < -0.39 is 0 Å². The van der Waals surface area contributed by atoms with Crippen LogP contribution in [-0.2, 0) is 12.0 Å². The summed E-state index contributed by atoms with van der Waals surface area (Å²) in [6, 6.07) is 2.48. The number of aromatic nitrogens is 3. The Balaban J connectivity index is 2.03. The summed E-state index contributed by atoms with van der Waals surface area (Å²) in [6.45, 7) is 9.56. The maximum Gasteiger partial charge on any atom is 0.109 e. The SMILES string of the molecule is C[C@@H](c1nccs1)N(C)Cc1cc(C(C)(C)C)n[nH]1. The molecule has 2 rings (SSSR count). The van der Waals surface area contributed by atoms with Crippen molar-refractivity contribution in [2.45, 2.75) is 45.7 Å². The van der Waals surface area contributed by atoms with Crippen LogP contribution in [0.3, 0.4) is 0 Å². The van der Waals surface area contributed by atoms with Crippen LogP contribution in [0.15, 0.2) is 17.6 Å². The molecule has 0 saturated carbocycles. The van der Waals surface area contributed by atoms with Gasteiger partial charge in [0.15, 0.2) is 0 Å². The molecule has 0 aliphatic rings. The predicted molar refractivity (Wildman–Crippen MR) is 79.3 cm³/mol. The highest BCUT2D eigenvalue weighted by Gasteiger charge is 2.19. The fraction of sp³-hybridized carbons (Fsp3) is 0.571.